The first-order chi connectivity index (χ1) is 9.33. The molecule has 0 spiro atoms. The lowest BCUT2D eigenvalue weighted by atomic mass is 10.3. The number of imidazole rings is 1. The second kappa shape index (κ2) is 4.08. The van der Waals surface area contributed by atoms with E-state index in [0.29, 0.717) is 24.4 Å². The fourth-order valence-corrected chi connectivity index (χ4v) is 2.61. The number of hydrogen-bond acceptors (Lipinski definition) is 2. The Morgan fingerprint density at radius 1 is 1.32 bits per heavy atom. The van der Waals surface area contributed by atoms with Crippen LogP contribution in [0.15, 0.2) is 30.6 Å². The van der Waals surface area contributed by atoms with E-state index in [1.807, 2.05) is 30.6 Å². The predicted octanol–water partition coefficient (Wildman–Crippen LogP) is 2.24. The van der Waals surface area contributed by atoms with Gasteiger partial charge < -0.3 is 9.30 Å². The first kappa shape index (κ1) is 11.0. The van der Waals surface area contributed by atoms with Crippen molar-refractivity contribution in [1.82, 2.24) is 14.3 Å². The zero-order chi connectivity index (χ0) is 12.8. The summed E-state index contributed by atoms with van der Waals surface area (Å²) in [6.45, 7) is 0.700. The number of rotatable bonds is 4. The van der Waals surface area contributed by atoms with Crippen LogP contribution in [0, 0.1) is 5.92 Å². The Morgan fingerprint density at radius 2 is 2.16 bits per heavy atom. The molecule has 2 fully saturated rings. The summed E-state index contributed by atoms with van der Waals surface area (Å²) < 4.78 is 2.08. The molecule has 0 bridgehead atoms. The van der Waals surface area contributed by atoms with E-state index in [2.05, 4.69) is 14.3 Å². The lowest BCUT2D eigenvalue weighted by Crippen LogP contribution is -2.34. The van der Waals surface area contributed by atoms with Gasteiger partial charge in [-0.1, -0.05) is 6.07 Å². The molecule has 0 aromatic carbocycles. The molecule has 0 atom stereocenters. The van der Waals surface area contributed by atoms with Crippen LogP contribution in [0.3, 0.4) is 0 Å². The number of carbonyl (C=O) groups is 1. The molecule has 19 heavy (non-hydrogen) atoms. The van der Waals surface area contributed by atoms with E-state index in [-0.39, 0.29) is 0 Å². The molecule has 98 valence electrons. The molecular weight excluding hydrogens is 238 g/mol. The van der Waals surface area contributed by atoms with Crippen molar-refractivity contribution in [2.45, 2.75) is 38.3 Å². The zero-order valence-corrected chi connectivity index (χ0v) is 10.8. The second-order valence-electron chi connectivity index (χ2n) is 5.65. The van der Waals surface area contributed by atoms with Crippen LogP contribution in [-0.4, -0.2) is 26.2 Å². The van der Waals surface area contributed by atoms with Gasteiger partial charge in [-0.2, -0.15) is 0 Å². The number of hydrogen-bond donors (Lipinski definition) is 0. The van der Waals surface area contributed by atoms with E-state index >= 15 is 0 Å². The molecule has 2 aliphatic carbocycles. The minimum atomic E-state index is 0.305. The topological polar surface area (TPSA) is 37.6 Å². The van der Waals surface area contributed by atoms with Crippen LogP contribution >= 0.6 is 0 Å². The van der Waals surface area contributed by atoms with Crippen molar-refractivity contribution in [2.24, 2.45) is 5.92 Å². The molecule has 4 heteroatoms. The van der Waals surface area contributed by atoms with E-state index in [0.717, 1.165) is 37.0 Å². The second-order valence-corrected chi connectivity index (χ2v) is 5.65. The number of aromatic nitrogens is 2. The largest absolute Gasteiger partial charge is 0.334 e. The minimum absolute atomic E-state index is 0.305. The maximum atomic E-state index is 12.3. The van der Waals surface area contributed by atoms with Crippen LogP contribution in [0.5, 0.6) is 0 Å². The zero-order valence-electron chi connectivity index (χ0n) is 10.8. The van der Waals surface area contributed by atoms with Gasteiger partial charge in [-0.05, 0) is 37.8 Å². The van der Waals surface area contributed by atoms with Crippen LogP contribution < -0.4 is 0 Å². The van der Waals surface area contributed by atoms with Crippen LogP contribution in [0.4, 0.5) is 0 Å². The molecule has 0 unspecified atom stereocenters. The monoisotopic (exact) mass is 255 g/mol. The van der Waals surface area contributed by atoms with Crippen LogP contribution in [0.25, 0.3) is 5.65 Å². The van der Waals surface area contributed by atoms with Gasteiger partial charge in [0.15, 0.2) is 0 Å². The number of carbonyl (C=O) groups excluding carboxylic acids is 1. The van der Waals surface area contributed by atoms with Crippen molar-refractivity contribution in [2.75, 3.05) is 0 Å². The van der Waals surface area contributed by atoms with Gasteiger partial charge in [0.1, 0.15) is 5.65 Å². The number of fused-ring (bicyclic) bond motifs is 1. The highest BCUT2D eigenvalue weighted by Crippen LogP contribution is 2.36. The van der Waals surface area contributed by atoms with Crippen LogP contribution in [0.1, 0.15) is 31.4 Å². The Hall–Kier alpha value is -1.84. The predicted molar refractivity (Wildman–Crippen MR) is 71.5 cm³/mol. The molecule has 2 aromatic rings. The maximum absolute atomic E-state index is 12.3. The number of amides is 1. The standard InChI is InChI=1S/C15H17N3O/c19-15(11-4-5-11)18(12-6-7-12)10-13-9-16-14-3-1-2-8-17(13)14/h1-3,8-9,11-12H,4-7,10H2. The Morgan fingerprint density at radius 3 is 2.89 bits per heavy atom. The molecule has 0 radical (unpaired) electrons. The van der Waals surface area contributed by atoms with Crippen molar-refractivity contribution in [3.8, 4) is 0 Å². The molecule has 2 heterocycles. The lowest BCUT2D eigenvalue weighted by molar-refractivity contribution is -0.133. The van der Waals surface area contributed by atoms with Gasteiger partial charge in [-0.15, -0.1) is 0 Å². The highest BCUT2D eigenvalue weighted by Gasteiger charge is 2.40. The first-order valence-electron chi connectivity index (χ1n) is 7.04. The van der Waals surface area contributed by atoms with Gasteiger partial charge in [-0.25, -0.2) is 4.98 Å². The van der Waals surface area contributed by atoms with Crippen LogP contribution in [0.2, 0.25) is 0 Å². The quantitative estimate of drug-likeness (QED) is 0.840. The SMILES string of the molecule is O=C(C1CC1)N(Cc1cnc2ccccn12)C1CC1. The van der Waals surface area contributed by atoms with Gasteiger partial charge >= 0.3 is 0 Å². The van der Waals surface area contributed by atoms with Crippen molar-refractivity contribution < 1.29 is 4.79 Å². The minimum Gasteiger partial charge on any atom is -0.334 e. The fraction of sp³-hybridized carbons (Fsp3) is 0.467. The average Bonchev–Trinajstić information content (AvgIpc) is 3.32. The molecule has 2 aromatic heterocycles. The highest BCUT2D eigenvalue weighted by molar-refractivity contribution is 5.81. The number of nitrogens with zero attached hydrogens (tertiary/aromatic N) is 3. The highest BCUT2D eigenvalue weighted by atomic mass is 16.2. The molecule has 1 amide bonds. The van der Waals surface area contributed by atoms with Crippen molar-refractivity contribution in [3.05, 3.63) is 36.3 Å². The Balaban J connectivity index is 1.62. The van der Waals surface area contributed by atoms with Gasteiger partial charge in [0.2, 0.25) is 5.91 Å². The van der Waals surface area contributed by atoms with Gasteiger partial charge in [-0.3, -0.25) is 4.79 Å². The molecule has 2 saturated carbocycles. The van der Waals surface area contributed by atoms with E-state index in [1.165, 1.54) is 0 Å². The maximum Gasteiger partial charge on any atom is 0.226 e. The average molecular weight is 255 g/mol. The lowest BCUT2D eigenvalue weighted by Gasteiger charge is -2.22. The smallest absolute Gasteiger partial charge is 0.226 e. The first-order valence-corrected chi connectivity index (χ1v) is 7.04. The normalized spacial score (nSPS) is 18.7. The Kier molecular flexibility index (Phi) is 2.37. The third-order valence-electron chi connectivity index (χ3n) is 4.02. The summed E-state index contributed by atoms with van der Waals surface area (Å²) in [7, 11) is 0. The molecule has 4 rings (SSSR count). The molecular formula is C15H17N3O. The Bertz CT molecular complexity index is 625. The summed E-state index contributed by atoms with van der Waals surface area (Å²) in [4.78, 5) is 18.8. The summed E-state index contributed by atoms with van der Waals surface area (Å²) in [5.41, 5.74) is 2.06. The molecule has 2 aliphatic rings. The van der Waals surface area contributed by atoms with E-state index in [1.54, 1.807) is 0 Å². The van der Waals surface area contributed by atoms with Gasteiger partial charge in [0.25, 0.3) is 0 Å². The van der Waals surface area contributed by atoms with Gasteiger partial charge in [0.05, 0.1) is 18.4 Å². The summed E-state index contributed by atoms with van der Waals surface area (Å²) in [5.74, 6) is 0.660. The molecule has 0 N–H and O–H groups in total. The summed E-state index contributed by atoms with van der Waals surface area (Å²) >= 11 is 0. The van der Waals surface area contributed by atoms with E-state index in [9.17, 15) is 4.79 Å². The van der Waals surface area contributed by atoms with Crippen molar-refractivity contribution in [1.29, 1.82) is 0 Å². The third kappa shape index (κ3) is 2.01. The Labute approximate surface area is 112 Å². The van der Waals surface area contributed by atoms with Gasteiger partial charge in [0, 0.05) is 18.2 Å². The molecule has 4 nitrogen and oxygen atoms in total. The van der Waals surface area contributed by atoms with E-state index < -0.39 is 0 Å². The number of pyridine rings is 1. The fourth-order valence-electron chi connectivity index (χ4n) is 2.61. The van der Waals surface area contributed by atoms with Crippen LogP contribution in [-0.2, 0) is 11.3 Å². The van der Waals surface area contributed by atoms with E-state index in [4.69, 9.17) is 0 Å². The molecule has 0 saturated heterocycles. The van der Waals surface area contributed by atoms with Crippen molar-refractivity contribution in [3.63, 3.8) is 0 Å². The van der Waals surface area contributed by atoms with Crippen molar-refractivity contribution >= 4 is 11.6 Å². The summed E-state index contributed by atoms with van der Waals surface area (Å²) in [6, 6.07) is 6.46. The third-order valence-corrected chi connectivity index (χ3v) is 4.02. The summed E-state index contributed by atoms with van der Waals surface area (Å²) in [6.07, 6.45) is 8.39. The summed E-state index contributed by atoms with van der Waals surface area (Å²) in [5, 5.41) is 0. The molecule has 0 aliphatic heterocycles.